The fourth-order valence-electron chi connectivity index (χ4n) is 2.81. The second kappa shape index (κ2) is 9.62. The van der Waals surface area contributed by atoms with Gasteiger partial charge in [0, 0.05) is 25.3 Å². The Morgan fingerprint density at radius 2 is 1.97 bits per heavy atom. The van der Waals surface area contributed by atoms with E-state index < -0.39 is 10.0 Å². The summed E-state index contributed by atoms with van der Waals surface area (Å²) in [5.41, 5.74) is 6.45. The van der Waals surface area contributed by atoms with Gasteiger partial charge < -0.3 is 15.8 Å². The van der Waals surface area contributed by atoms with Crippen molar-refractivity contribution in [1.29, 1.82) is 5.26 Å². The molecule has 0 aliphatic carbocycles. The molecule has 0 bridgehead atoms. The Morgan fingerprint density at radius 3 is 2.62 bits per heavy atom. The third-order valence-corrected chi connectivity index (χ3v) is 5.88. The van der Waals surface area contributed by atoms with Gasteiger partial charge in [0.25, 0.3) is 0 Å². The third kappa shape index (κ3) is 5.85. The number of hydrogen-bond acceptors (Lipinski definition) is 9. The number of nitrogens with two attached hydrogens (primary N) is 1. The van der Waals surface area contributed by atoms with Crippen LogP contribution in [0.25, 0.3) is 0 Å². The van der Waals surface area contributed by atoms with Crippen LogP contribution in [0.1, 0.15) is 12.0 Å². The van der Waals surface area contributed by atoms with Gasteiger partial charge in [0.05, 0.1) is 24.3 Å². The van der Waals surface area contributed by atoms with Crippen molar-refractivity contribution in [2.24, 2.45) is 0 Å². The van der Waals surface area contributed by atoms with Crippen LogP contribution < -0.4 is 15.8 Å². The molecule has 11 heteroatoms. The van der Waals surface area contributed by atoms with Crippen molar-refractivity contribution in [2.45, 2.75) is 11.3 Å². The molecule has 29 heavy (non-hydrogen) atoms. The molecule has 2 aromatic rings. The molecule has 0 atom stereocenters. The lowest BCUT2D eigenvalue weighted by molar-refractivity contribution is 0.0376. The fraction of sp³-hybridized carbons (Fsp3) is 0.389. The number of hydrogen-bond donors (Lipinski definition) is 3. The maximum atomic E-state index is 12.4. The lowest BCUT2D eigenvalue weighted by atomic mass is 10.3. The quantitative estimate of drug-likeness (QED) is 0.527. The molecule has 1 aromatic carbocycles. The second-order valence-corrected chi connectivity index (χ2v) is 8.23. The first kappa shape index (κ1) is 20.9. The first-order valence-electron chi connectivity index (χ1n) is 9.17. The lowest BCUT2D eigenvalue weighted by Crippen LogP contribution is -2.38. The van der Waals surface area contributed by atoms with E-state index in [2.05, 4.69) is 24.9 Å². The number of aromatic nitrogens is 2. The Kier molecular flexibility index (Phi) is 6.95. The molecule has 1 fully saturated rings. The molecule has 3 rings (SSSR count). The molecule has 0 unspecified atom stereocenters. The maximum Gasteiger partial charge on any atom is 0.240 e. The number of nitrogens with one attached hydrogen (secondary N) is 2. The Balaban J connectivity index is 1.52. The number of morpholine rings is 1. The van der Waals surface area contributed by atoms with Crippen molar-refractivity contribution in [3.63, 3.8) is 0 Å². The predicted molar refractivity (Wildman–Crippen MR) is 108 cm³/mol. The molecule has 154 valence electrons. The summed E-state index contributed by atoms with van der Waals surface area (Å²) in [5, 5.41) is 11.8. The monoisotopic (exact) mass is 417 g/mol. The van der Waals surface area contributed by atoms with Crippen molar-refractivity contribution in [3.8, 4) is 6.07 Å². The number of anilines is 3. The third-order valence-electron chi connectivity index (χ3n) is 4.41. The van der Waals surface area contributed by atoms with Crippen molar-refractivity contribution >= 4 is 27.5 Å². The summed E-state index contributed by atoms with van der Waals surface area (Å²) in [6.07, 6.45) is 2.06. The number of benzene rings is 1. The molecular weight excluding hydrogens is 394 g/mol. The lowest BCUT2D eigenvalue weighted by Gasteiger charge is -2.26. The summed E-state index contributed by atoms with van der Waals surface area (Å²) in [6.45, 7) is 4.44. The van der Waals surface area contributed by atoms with Crippen LogP contribution in [0.5, 0.6) is 0 Å². The van der Waals surface area contributed by atoms with Crippen LogP contribution in [0.3, 0.4) is 0 Å². The normalized spacial score (nSPS) is 15.0. The molecule has 0 spiro atoms. The molecule has 1 aromatic heterocycles. The van der Waals surface area contributed by atoms with Crippen LogP contribution in [0, 0.1) is 11.3 Å². The molecule has 2 heterocycles. The topological polar surface area (TPSA) is 146 Å². The van der Waals surface area contributed by atoms with Gasteiger partial charge >= 0.3 is 0 Å². The van der Waals surface area contributed by atoms with Gasteiger partial charge in [0.2, 0.25) is 16.0 Å². The van der Waals surface area contributed by atoms with E-state index in [9.17, 15) is 8.42 Å². The number of sulfonamides is 1. The Hall–Kier alpha value is -2.78. The van der Waals surface area contributed by atoms with E-state index in [1.165, 1.54) is 18.3 Å². The molecular formula is C18H23N7O3S. The molecule has 4 N–H and O–H groups in total. The summed E-state index contributed by atoms with van der Waals surface area (Å²) in [4.78, 5) is 10.4. The maximum absolute atomic E-state index is 12.4. The summed E-state index contributed by atoms with van der Waals surface area (Å²) in [7, 11) is -3.58. The zero-order chi connectivity index (χ0) is 20.7. The summed E-state index contributed by atoms with van der Waals surface area (Å²) >= 11 is 0. The van der Waals surface area contributed by atoms with E-state index in [0.717, 1.165) is 39.3 Å². The van der Waals surface area contributed by atoms with Gasteiger partial charge in [-0.05, 0) is 37.2 Å². The first-order chi connectivity index (χ1) is 14.0. The molecule has 1 aliphatic heterocycles. The van der Waals surface area contributed by atoms with Crippen molar-refractivity contribution < 1.29 is 13.2 Å². The van der Waals surface area contributed by atoms with Crippen LogP contribution in [0.2, 0.25) is 0 Å². The minimum atomic E-state index is -3.58. The molecule has 1 saturated heterocycles. The van der Waals surface area contributed by atoms with Gasteiger partial charge in [-0.25, -0.2) is 18.1 Å². The zero-order valence-electron chi connectivity index (χ0n) is 15.8. The molecule has 0 saturated carbocycles. The minimum absolute atomic E-state index is 0.0745. The van der Waals surface area contributed by atoms with E-state index >= 15 is 0 Å². The molecule has 1 aliphatic rings. The number of nitrogens with zero attached hydrogens (tertiary/aromatic N) is 4. The minimum Gasteiger partial charge on any atom is -0.382 e. The average Bonchev–Trinajstić information content (AvgIpc) is 2.73. The van der Waals surface area contributed by atoms with Crippen LogP contribution in [0.4, 0.5) is 17.5 Å². The SMILES string of the molecule is N#Cc1cnc(Nc2ccc(S(=O)(=O)NCCCN3CCOCC3)cc2)nc1N. The highest BCUT2D eigenvalue weighted by atomic mass is 32.2. The van der Waals surface area contributed by atoms with Gasteiger partial charge in [-0.1, -0.05) is 0 Å². The Morgan fingerprint density at radius 1 is 1.24 bits per heavy atom. The number of nitriles is 1. The van der Waals surface area contributed by atoms with E-state index in [0.29, 0.717) is 12.2 Å². The van der Waals surface area contributed by atoms with Crippen LogP contribution in [-0.4, -0.2) is 62.7 Å². The van der Waals surface area contributed by atoms with Crippen molar-refractivity contribution in [1.82, 2.24) is 19.6 Å². The van der Waals surface area contributed by atoms with Crippen LogP contribution in [-0.2, 0) is 14.8 Å². The van der Waals surface area contributed by atoms with Gasteiger partial charge in [-0.3, -0.25) is 4.90 Å². The van der Waals surface area contributed by atoms with Crippen LogP contribution in [0.15, 0.2) is 35.4 Å². The Labute approximate surface area is 169 Å². The van der Waals surface area contributed by atoms with Gasteiger partial charge in [0.1, 0.15) is 17.5 Å². The fourth-order valence-corrected chi connectivity index (χ4v) is 3.88. The Bertz CT molecular complexity index is 968. The van der Waals surface area contributed by atoms with E-state index in [1.54, 1.807) is 12.1 Å². The number of rotatable bonds is 8. The summed E-state index contributed by atoms with van der Waals surface area (Å²) in [5.74, 6) is 0.295. The van der Waals surface area contributed by atoms with Gasteiger partial charge in [-0.2, -0.15) is 10.2 Å². The van der Waals surface area contributed by atoms with Gasteiger partial charge in [0.15, 0.2) is 0 Å². The highest BCUT2D eigenvalue weighted by molar-refractivity contribution is 7.89. The second-order valence-electron chi connectivity index (χ2n) is 6.46. The van der Waals surface area contributed by atoms with Crippen molar-refractivity contribution in [2.75, 3.05) is 50.4 Å². The predicted octanol–water partition coefficient (Wildman–Crippen LogP) is 0.675. The van der Waals surface area contributed by atoms with Gasteiger partial charge in [-0.15, -0.1) is 0 Å². The van der Waals surface area contributed by atoms with E-state index in [4.69, 9.17) is 15.7 Å². The highest BCUT2D eigenvalue weighted by Gasteiger charge is 2.14. The standard InChI is InChI=1S/C18H23N7O3S/c19-12-14-13-21-18(24-17(14)20)23-15-2-4-16(5-3-15)29(26,27)22-6-1-7-25-8-10-28-11-9-25/h2-5,13,22H,1,6-11H2,(H3,20,21,23,24). The summed E-state index contributed by atoms with van der Waals surface area (Å²) in [6, 6.07) is 8.11. The number of ether oxygens (including phenoxy) is 1. The number of nitrogen functional groups attached to an aromatic ring is 1. The first-order valence-corrected chi connectivity index (χ1v) is 10.7. The zero-order valence-corrected chi connectivity index (χ0v) is 16.7. The average molecular weight is 417 g/mol. The van der Waals surface area contributed by atoms with Crippen LogP contribution >= 0.6 is 0 Å². The largest absolute Gasteiger partial charge is 0.382 e. The molecule has 0 amide bonds. The van der Waals surface area contributed by atoms with E-state index in [-0.39, 0.29) is 22.2 Å². The van der Waals surface area contributed by atoms with E-state index in [1.807, 2.05) is 6.07 Å². The highest BCUT2D eigenvalue weighted by Crippen LogP contribution is 2.18. The van der Waals surface area contributed by atoms with Crippen molar-refractivity contribution in [3.05, 3.63) is 36.0 Å². The summed E-state index contributed by atoms with van der Waals surface area (Å²) < 4.78 is 32.8. The molecule has 0 radical (unpaired) electrons. The molecule has 10 nitrogen and oxygen atoms in total. The smallest absolute Gasteiger partial charge is 0.240 e.